The van der Waals surface area contributed by atoms with Crippen molar-refractivity contribution >= 4 is 0 Å². The molecule has 114 valence electrons. The standard InChI is InChI=1S/C17H22F2N2/c1-2-3-12-4-6-14(7-5-12)21-11-15-16(18)8-13(10-20)9-17(15)19/h8-9,12,14,21H,2-7,11H2,1H3. The van der Waals surface area contributed by atoms with Gasteiger partial charge in [-0.1, -0.05) is 19.8 Å². The van der Waals surface area contributed by atoms with Crippen molar-refractivity contribution in [1.82, 2.24) is 5.32 Å². The number of nitrogens with one attached hydrogen (secondary N) is 1. The molecule has 1 saturated carbocycles. The zero-order valence-corrected chi connectivity index (χ0v) is 12.5. The number of hydrogen-bond acceptors (Lipinski definition) is 2. The van der Waals surface area contributed by atoms with E-state index in [0.29, 0.717) is 6.04 Å². The first-order chi connectivity index (χ1) is 10.1. The minimum Gasteiger partial charge on any atom is -0.310 e. The SMILES string of the molecule is CCCC1CCC(NCc2c(F)cc(C#N)cc2F)CC1. The van der Waals surface area contributed by atoms with Gasteiger partial charge >= 0.3 is 0 Å². The fraction of sp³-hybridized carbons (Fsp3) is 0.588. The highest BCUT2D eigenvalue weighted by Gasteiger charge is 2.21. The van der Waals surface area contributed by atoms with Gasteiger partial charge in [0.25, 0.3) is 0 Å². The second-order valence-corrected chi connectivity index (χ2v) is 5.92. The molecule has 0 amide bonds. The summed E-state index contributed by atoms with van der Waals surface area (Å²) in [6.45, 7) is 2.40. The summed E-state index contributed by atoms with van der Waals surface area (Å²) in [7, 11) is 0. The molecule has 0 aliphatic heterocycles. The minimum absolute atomic E-state index is 0.0221. The highest BCUT2D eigenvalue weighted by molar-refractivity contribution is 5.34. The van der Waals surface area contributed by atoms with Crippen molar-refractivity contribution in [2.75, 3.05) is 0 Å². The molecule has 1 aliphatic rings. The van der Waals surface area contributed by atoms with Crippen LogP contribution in [0.25, 0.3) is 0 Å². The summed E-state index contributed by atoms with van der Waals surface area (Å²) in [6, 6.07) is 4.29. The first-order valence-corrected chi connectivity index (χ1v) is 7.75. The lowest BCUT2D eigenvalue weighted by Crippen LogP contribution is -2.33. The average molecular weight is 292 g/mol. The van der Waals surface area contributed by atoms with Gasteiger partial charge in [0.05, 0.1) is 11.6 Å². The summed E-state index contributed by atoms with van der Waals surface area (Å²) in [5.74, 6) is -0.464. The van der Waals surface area contributed by atoms with E-state index in [1.165, 1.54) is 25.7 Å². The normalized spacial score (nSPS) is 22.0. The van der Waals surface area contributed by atoms with Gasteiger partial charge in [0.2, 0.25) is 0 Å². The molecule has 2 rings (SSSR count). The van der Waals surface area contributed by atoms with Gasteiger partial charge in [-0.15, -0.1) is 0 Å². The first kappa shape index (κ1) is 15.9. The smallest absolute Gasteiger partial charge is 0.131 e. The number of hydrogen-bond donors (Lipinski definition) is 1. The maximum atomic E-state index is 13.8. The molecule has 0 heterocycles. The van der Waals surface area contributed by atoms with Gasteiger partial charge in [0, 0.05) is 18.2 Å². The Morgan fingerprint density at radius 2 is 1.81 bits per heavy atom. The highest BCUT2D eigenvalue weighted by Crippen LogP contribution is 2.28. The number of rotatable bonds is 5. The molecule has 1 aromatic carbocycles. The van der Waals surface area contributed by atoms with Crippen LogP contribution in [0, 0.1) is 28.9 Å². The topological polar surface area (TPSA) is 35.8 Å². The predicted octanol–water partition coefficient (Wildman–Crippen LogP) is 4.28. The molecule has 0 unspecified atom stereocenters. The Kier molecular flexibility index (Phi) is 5.69. The van der Waals surface area contributed by atoms with Crippen LogP contribution in [0.15, 0.2) is 12.1 Å². The molecule has 1 fully saturated rings. The van der Waals surface area contributed by atoms with Gasteiger partial charge in [-0.3, -0.25) is 0 Å². The Labute approximate surface area is 125 Å². The number of nitrogens with zero attached hydrogens (tertiary/aromatic N) is 1. The zero-order chi connectivity index (χ0) is 15.2. The van der Waals surface area contributed by atoms with Gasteiger partial charge in [0.1, 0.15) is 11.6 Å². The van der Waals surface area contributed by atoms with Crippen LogP contribution in [0.5, 0.6) is 0 Å². The Morgan fingerprint density at radius 1 is 1.19 bits per heavy atom. The van der Waals surface area contributed by atoms with E-state index in [-0.39, 0.29) is 17.7 Å². The fourth-order valence-electron chi connectivity index (χ4n) is 3.15. The van der Waals surface area contributed by atoms with Gasteiger partial charge < -0.3 is 5.32 Å². The van der Waals surface area contributed by atoms with Crippen LogP contribution in [0.3, 0.4) is 0 Å². The molecule has 4 heteroatoms. The second-order valence-electron chi connectivity index (χ2n) is 5.92. The lowest BCUT2D eigenvalue weighted by atomic mass is 9.83. The summed E-state index contributed by atoms with van der Waals surface area (Å²) in [4.78, 5) is 0. The third-order valence-corrected chi connectivity index (χ3v) is 4.38. The van der Waals surface area contributed by atoms with E-state index < -0.39 is 11.6 Å². The lowest BCUT2D eigenvalue weighted by molar-refractivity contribution is 0.276. The van der Waals surface area contributed by atoms with Crippen molar-refractivity contribution in [3.8, 4) is 6.07 Å². The van der Waals surface area contributed by atoms with Crippen LogP contribution in [0.1, 0.15) is 56.6 Å². The van der Waals surface area contributed by atoms with Gasteiger partial charge in [0.15, 0.2) is 0 Å². The lowest BCUT2D eigenvalue weighted by Gasteiger charge is -2.29. The molecule has 0 aromatic heterocycles. The summed E-state index contributed by atoms with van der Waals surface area (Å²) < 4.78 is 27.6. The van der Waals surface area contributed by atoms with Crippen LogP contribution in [-0.2, 0) is 6.54 Å². The highest BCUT2D eigenvalue weighted by atomic mass is 19.1. The van der Waals surface area contributed by atoms with Crippen LogP contribution in [0.2, 0.25) is 0 Å². The number of benzene rings is 1. The Bertz CT molecular complexity index is 491. The van der Waals surface area contributed by atoms with E-state index in [1.54, 1.807) is 6.07 Å². The molecule has 1 N–H and O–H groups in total. The molecule has 0 radical (unpaired) electrons. The molecule has 0 saturated heterocycles. The van der Waals surface area contributed by atoms with E-state index in [1.807, 2.05) is 0 Å². The Balaban J connectivity index is 1.88. The maximum absolute atomic E-state index is 13.8. The van der Waals surface area contributed by atoms with Crippen LogP contribution in [0.4, 0.5) is 8.78 Å². The second kappa shape index (κ2) is 7.51. The van der Waals surface area contributed by atoms with Gasteiger partial charge in [-0.2, -0.15) is 5.26 Å². The fourth-order valence-corrected chi connectivity index (χ4v) is 3.15. The monoisotopic (exact) mass is 292 g/mol. The molecule has 0 atom stereocenters. The molecule has 1 aromatic rings. The third kappa shape index (κ3) is 4.25. The van der Waals surface area contributed by atoms with Crippen molar-refractivity contribution in [3.63, 3.8) is 0 Å². The summed E-state index contributed by atoms with van der Waals surface area (Å²) in [6.07, 6.45) is 7.05. The zero-order valence-electron chi connectivity index (χ0n) is 12.5. The largest absolute Gasteiger partial charge is 0.310 e. The van der Waals surface area contributed by atoms with Crippen molar-refractivity contribution in [1.29, 1.82) is 5.26 Å². The predicted molar refractivity (Wildman–Crippen MR) is 78.6 cm³/mol. The average Bonchev–Trinajstić information content (AvgIpc) is 2.48. The number of nitriles is 1. The molecular formula is C17H22F2N2. The van der Waals surface area contributed by atoms with Crippen molar-refractivity contribution in [2.24, 2.45) is 5.92 Å². The molecule has 2 nitrogen and oxygen atoms in total. The quantitative estimate of drug-likeness (QED) is 0.879. The molecule has 1 aliphatic carbocycles. The molecule has 21 heavy (non-hydrogen) atoms. The maximum Gasteiger partial charge on any atom is 0.131 e. The van der Waals surface area contributed by atoms with E-state index >= 15 is 0 Å². The molecular weight excluding hydrogens is 270 g/mol. The Morgan fingerprint density at radius 3 is 2.33 bits per heavy atom. The van der Waals surface area contributed by atoms with E-state index in [2.05, 4.69) is 12.2 Å². The molecule has 0 bridgehead atoms. The van der Waals surface area contributed by atoms with Gasteiger partial charge in [-0.25, -0.2) is 8.78 Å². The van der Waals surface area contributed by atoms with E-state index in [0.717, 1.165) is 30.9 Å². The summed E-state index contributed by atoms with van der Waals surface area (Å²) in [5.41, 5.74) is 0.0542. The summed E-state index contributed by atoms with van der Waals surface area (Å²) in [5, 5.41) is 11.9. The third-order valence-electron chi connectivity index (χ3n) is 4.38. The van der Waals surface area contributed by atoms with E-state index in [9.17, 15) is 8.78 Å². The number of halogens is 2. The van der Waals surface area contributed by atoms with Crippen molar-refractivity contribution in [3.05, 3.63) is 34.9 Å². The first-order valence-electron chi connectivity index (χ1n) is 7.75. The van der Waals surface area contributed by atoms with Crippen molar-refractivity contribution < 1.29 is 8.78 Å². The van der Waals surface area contributed by atoms with Gasteiger partial charge in [-0.05, 0) is 43.7 Å². The van der Waals surface area contributed by atoms with Crippen molar-refractivity contribution in [2.45, 2.75) is 58.0 Å². The molecule has 0 spiro atoms. The van der Waals surface area contributed by atoms with E-state index in [4.69, 9.17) is 5.26 Å². The van der Waals surface area contributed by atoms with Crippen LogP contribution >= 0.6 is 0 Å². The van der Waals surface area contributed by atoms with Crippen LogP contribution in [-0.4, -0.2) is 6.04 Å². The van der Waals surface area contributed by atoms with Crippen LogP contribution < -0.4 is 5.32 Å². The minimum atomic E-state index is -0.640. The summed E-state index contributed by atoms with van der Waals surface area (Å²) >= 11 is 0. The Hall–Kier alpha value is -1.47.